The van der Waals surface area contributed by atoms with Gasteiger partial charge in [0.25, 0.3) is 0 Å². The van der Waals surface area contributed by atoms with Gasteiger partial charge in [0.15, 0.2) is 0 Å². The smallest absolute Gasteiger partial charge is 0.0426 e. The zero-order valence-corrected chi connectivity index (χ0v) is 8.35. The molecule has 0 amide bonds. The fourth-order valence-corrected chi connectivity index (χ4v) is 1.75. The molecular weight excluding hydrogens is 182 g/mol. The Morgan fingerprint density at radius 2 is 2.23 bits per heavy atom. The Morgan fingerprint density at radius 3 is 2.85 bits per heavy atom. The quantitative estimate of drug-likeness (QED) is 0.778. The van der Waals surface area contributed by atoms with Gasteiger partial charge in [0.2, 0.25) is 0 Å². The first-order valence-corrected chi connectivity index (χ1v) is 5.22. The summed E-state index contributed by atoms with van der Waals surface area (Å²) >= 11 is 5.87. The summed E-state index contributed by atoms with van der Waals surface area (Å²) in [6, 6.07) is 7.91. The molecule has 1 aromatic carbocycles. The zero-order valence-electron chi connectivity index (χ0n) is 7.59. The molecule has 13 heavy (non-hydrogen) atoms. The Balaban J connectivity index is 1.86. The van der Waals surface area contributed by atoms with Crippen LogP contribution < -0.4 is 5.32 Å². The molecule has 70 valence electrons. The monoisotopic (exact) mass is 195 g/mol. The number of nitrogens with one attached hydrogen (secondary N) is 1. The van der Waals surface area contributed by atoms with Crippen LogP contribution in [0.25, 0.3) is 0 Å². The van der Waals surface area contributed by atoms with Crippen molar-refractivity contribution in [3.63, 3.8) is 0 Å². The molecule has 2 rings (SSSR count). The maximum atomic E-state index is 5.87. The highest BCUT2D eigenvalue weighted by molar-refractivity contribution is 6.30. The highest BCUT2D eigenvalue weighted by atomic mass is 35.5. The third kappa shape index (κ3) is 2.38. The lowest BCUT2D eigenvalue weighted by atomic mass is 9.85. The highest BCUT2D eigenvalue weighted by Gasteiger charge is 2.16. The summed E-state index contributed by atoms with van der Waals surface area (Å²) in [5, 5.41) is 4.21. The topological polar surface area (TPSA) is 12.0 Å². The molecule has 0 atom stereocenters. The molecule has 1 fully saturated rings. The van der Waals surface area contributed by atoms with E-state index >= 15 is 0 Å². The van der Waals surface area contributed by atoms with E-state index < -0.39 is 0 Å². The fourth-order valence-electron chi connectivity index (χ4n) is 1.56. The predicted molar refractivity (Wildman–Crippen MR) is 57.3 cm³/mol. The van der Waals surface area contributed by atoms with Crippen LogP contribution >= 0.6 is 11.6 Å². The van der Waals surface area contributed by atoms with Crippen LogP contribution in [-0.4, -0.2) is 6.54 Å². The van der Waals surface area contributed by atoms with Crippen molar-refractivity contribution in [1.29, 1.82) is 0 Å². The Kier molecular flexibility index (Phi) is 2.74. The van der Waals surface area contributed by atoms with Crippen molar-refractivity contribution in [2.75, 3.05) is 11.9 Å². The molecule has 0 bridgehead atoms. The third-order valence-electron chi connectivity index (χ3n) is 2.64. The van der Waals surface area contributed by atoms with E-state index in [-0.39, 0.29) is 0 Å². The van der Waals surface area contributed by atoms with Gasteiger partial charge in [-0.1, -0.05) is 24.1 Å². The first-order chi connectivity index (χ1) is 6.34. The normalized spacial score (nSPS) is 16.7. The SMILES string of the molecule is Clc1cccc(NCC2CCC2)c1. The molecule has 1 aromatic rings. The molecule has 0 radical (unpaired) electrons. The van der Waals surface area contributed by atoms with Gasteiger partial charge in [-0.05, 0) is 37.0 Å². The van der Waals surface area contributed by atoms with E-state index in [9.17, 15) is 0 Å². The van der Waals surface area contributed by atoms with Gasteiger partial charge < -0.3 is 5.32 Å². The number of anilines is 1. The second-order valence-electron chi connectivity index (χ2n) is 3.69. The second kappa shape index (κ2) is 4.01. The third-order valence-corrected chi connectivity index (χ3v) is 2.88. The first-order valence-electron chi connectivity index (χ1n) is 4.84. The van der Waals surface area contributed by atoms with Crippen LogP contribution in [-0.2, 0) is 0 Å². The Bertz CT molecular complexity index is 281. The average Bonchev–Trinajstić information content (AvgIpc) is 2.01. The van der Waals surface area contributed by atoms with Crippen LogP contribution in [0.3, 0.4) is 0 Å². The van der Waals surface area contributed by atoms with Gasteiger partial charge in [-0.3, -0.25) is 0 Å². The number of hydrogen-bond donors (Lipinski definition) is 1. The summed E-state index contributed by atoms with van der Waals surface area (Å²) in [5.74, 6) is 0.888. The molecule has 0 aliphatic heterocycles. The van der Waals surface area contributed by atoms with E-state index in [2.05, 4.69) is 11.4 Å². The van der Waals surface area contributed by atoms with Crippen molar-refractivity contribution in [3.05, 3.63) is 29.3 Å². The molecule has 1 aliphatic rings. The molecule has 1 aliphatic carbocycles. The Labute approximate surface area is 84.1 Å². The van der Waals surface area contributed by atoms with E-state index in [4.69, 9.17) is 11.6 Å². The van der Waals surface area contributed by atoms with Crippen LogP contribution in [0.15, 0.2) is 24.3 Å². The minimum absolute atomic E-state index is 0.804. The van der Waals surface area contributed by atoms with Gasteiger partial charge in [0, 0.05) is 17.3 Å². The van der Waals surface area contributed by atoms with Gasteiger partial charge >= 0.3 is 0 Å². The van der Waals surface area contributed by atoms with Crippen molar-refractivity contribution in [3.8, 4) is 0 Å². The predicted octanol–water partition coefficient (Wildman–Crippen LogP) is 3.55. The molecule has 1 N–H and O–H groups in total. The molecular formula is C11H14ClN. The lowest BCUT2D eigenvalue weighted by Gasteiger charge is -2.25. The maximum absolute atomic E-state index is 5.87. The largest absolute Gasteiger partial charge is 0.385 e. The number of hydrogen-bond acceptors (Lipinski definition) is 1. The highest BCUT2D eigenvalue weighted by Crippen LogP contribution is 2.26. The second-order valence-corrected chi connectivity index (χ2v) is 4.12. The van der Waals surface area contributed by atoms with E-state index in [1.807, 2.05) is 18.2 Å². The summed E-state index contributed by atoms with van der Waals surface area (Å²) in [6.45, 7) is 1.10. The zero-order chi connectivity index (χ0) is 9.10. The first kappa shape index (κ1) is 8.89. The van der Waals surface area contributed by atoms with E-state index in [0.29, 0.717) is 0 Å². The van der Waals surface area contributed by atoms with Gasteiger partial charge in [-0.15, -0.1) is 0 Å². The van der Waals surface area contributed by atoms with E-state index in [1.165, 1.54) is 19.3 Å². The minimum atomic E-state index is 0.804. The van der Waals surface area contributed by atoms with Crippen LogP contribution in [0.2, 0.25) is 5.02 Å². The molecule has 0 aromatic heterocycles. The van der Waals surface area contributed by atoms with E-state index in [1.54, 1.807) is 0 Å². The van der Waals surface area contributed by atoms with Gasteiger partial charge in [0.05, 0.1) is 0 Å². The summed E-state index contributed by atoms with van der Waals surface area (Å²) in [7, 11) is 0. The minimum Gasteiger partial charge on any atom is -0.385 e. The van der Waals surface area contributed by atoms with Crippen LogP contribution in [0.1, 0.15) is 19.3 Å². The molecule has 1 nitrogen and oxygen atoms in total. The Hall–Kier alpha value is -0.690. The molecule has 1 saturated carbocycles. The van der Waals surface area contributed by atoms with E-state index in [0.717, 1.165) is 23.2 Å². The van der Waals surface area contributed by atoms with Crippen molar-refractivity contribution in [2.45, 2.75) is 19.3 Å². The summed E-state index contributed by atoms with van der Waals surface area (Å²) in [5.41, 5.74) is 1.14. The Morgan fingerprint density at radius 1 is 1.38 bits per heavy atom. The lowest BCUT2D eigenvalue weighted by Crippen LogP contribution is -2.20. The lowest BCUT2D eigenvalue weighted by molar-refractivity contribution is 0.333. The average molecular weight is 196 g/mol. The summed E-state index contributed by atoms with van der Waals surface area (Å²) in [4.78, 5) is 0. The number of halogens is 1. The van der Waals surface area contributed by atoms with Crippen LogP contribution in [0, 0.1) is 5.92 Å². The van der Waals surface area contributed by atoms with Crippen molar-refractivity contribution in [1.82, 2.24) is 0 Å². The number of rotatable bonds is 3. The molecule has 0 saturated heterocycles. The van der Waals surface area contributed by atoms with Gasteiger partial charge in [-0.2, -0.15) is 0 Å². The summed E-state index contributed by atoms with van der Waals surface area (Å²) in [6.07, 6.45) is 4.17. The van der Waals surface area contributed by atoms with Gasteiger partial charge in [-0.25, -0.2) is 0 Å². The van der Waals surface area contributed by atoms with Crippen molar-refractivity contribution < 1.29 is 0 Å². The number of benzene rings is 1. The standard InChI is InChI=1S/C11H14ClN/c12-10-5-2-6-11(7-10)13-8-9-3-1-4-9/h2,5-7,9,13H,1,3-4,8H2. The van der Waals surface area contributed by atoms with Crippen LogP contribution in [0.4, 0.5) is 5.69 Å². The van der Waals surface area contributed by atoms with Crippen molar-refractivity contribution in [2.24, 2.45) is 5.92 Å². The molecule has 0 unspecified atom stereocenters. The maximum Gasteiger partial charge on any atom is 0.0426 e. The molecule has 0 heterocycles. The fraction of sp³-hybridized carbons (Fsp3) is 0.455. The molecule has 0 spiro atoms. The van der Waals surface area contributed by atoms with Crippen molar-refractivity contribution >= 4 is 17.3 Å². The summed E-state index contributed by atoms with van der Waals surface area (Å²) < 4.78 is 0. The molecule has 2 heteroatoms. The van der Waals surface area contributed by atoms with Crippen LogP contribution in [0.5, 0.6) is 0 Å². The van der Waals surface area contributed by atoms with Gasteiger partial charge in [0.1, 0.15) is 0 Å².